The molecule has 116 valence electrons. The number of aryl methyl sites for hydroxylation is 2. The van der Waals surface area contributed by atoms with Crippen LogP contribution in [-0.2, 0) is 7.05 Å². The molecule has 0 aliphatic rings. The molecule has 2 aromatic heterocycles. The first kappa shape index (κ1) is 14.4. The Balaban J connectivity index is 2.24. The van der Waals surface area contributed by atoms with Crippen molar-refractivity contribution in [3.63, 3.8) is 0 Å². The third-order valence-electron chi connectivity index (χ3n) is 4.32. The zero-order chi connectivity index (χ0) is 16.8. The summed E-state index contributed by atoms with van der Waals surface area (Å²) in [4.78, 5) is 3.48. The number of halogens is 1. The third kappa shape index (κ3) is 1.99. The van der Waals surface area contributed by atoms with Crippen molar-refractivity contribution < 1.29 is 13.4 Å². The number of furan rings is 1. The number of benzene rings is 2. The Labute approximate surface area is 138 Å². The predicted octanol–water partition coefficient (Wildman–Crippen LogP) is 5.08. The number of hydrogen-bond donors (Lipinski definition) is 0. The highest BCUT2D eigenvalue weighted by molar-refractivity contribution is 6.13. The average molecular weight is 317 g/mol. The second kappa shape index (κ2) is 5.17. The summed E-state index contributed by atoms with van der Waals surface area (Å²) in [5.41, 5.74) is 4.05. The molecular weight excluding hydrogens is 303 g/mol. The summed E-state index contributed by atoms with van der Waals surface area (Å²) in [6.07, 6.45) is 1.96. The molecule has 0 aliphatic heterocycles. The van der Waals surface area contributed by atoms with Crippen LogP contribution < -0.4 is 4.57 Å². The Morgan fingerprint density at radius 1 is 1.17 bits per heavy atom. The molecule has 4 heteroatoms. The maximum absolute atomic E-state index is 14.5. The first-order chi connectivity index (χ1) is 11.6. The third-order valence-corrected chi connectivity index (χ3v) is 4.32. The smallest absolute Gasteiger partial charge is 0.213 e. The molecule has 0 spiro atoms. The second-order valence-corrected chi connectivity index (χ2v) is 5.85. The lowest BCUT2D eigenvalue weighted by Crippen LogP contribution is -2.30. The number of rotatable bonds is 1. The van der Waals surface area contributed by atoms with Gasteiger partial charge in [0.25, 0.3) is 0 Å². The van der Waals surface area contributed by atoms with E-state index in [9.17, 15) is 4.39 Å². The van der Waals surface area contributed by atoms with Crippen LogP contribution in [0.4, 0.5) is 10.1 Å². The molecule has 0 amide bonds. The van der Waals surface area contributed by atoms with Crippen LogP contribution in [0.3, 0.4) is 0 Å². The number of nitrogens with zero attached hydrogens (tertiary/aromatic N) is 2. The monoisotopic (exact) mass is 317 g/mol. The Kier molecular flexibility index (Phi) is 3.10. The molecule has 2 heterocycles. The first-order valence-corrected chi connectivity index (χ1v) is 7.58. The van der Waals surface area contributed by atoms with Crippen molar-refractivity contribution in [2.75, 3.05) is 0 Å². The lowest BCUT2D eigenvalue weighted by Gasteiger charge is -2.07. The number of pyridine rings is 1. The molecule has 0 fully saturated rings. The van der Waals surface area contributed by atoms with E-state index in [1.165, 1.54) is 6.07 Å². The molecule has 0 saturated carbocycles. The van der Waals surface area contributed by atoms with Crippen LogP contribution in [0.2, 0.25) is 0 Å². The summed E-state index contributed by atoms with van der Waals surface area (Å²) < 4.78 is 22.3. The van der Waals surface area contributed by atoms with E-state index in [-0.39, 0.29) is 11.4 Å². The van der Waals surface area contributed by atoms with E-state index < -0.39 is 0 Å². The molecule has 2 aromatic carbocycles. The van der Waals surface area contributed by atoms with E-state index in [1.807, 2.05) is 42.9 Å². The zero-order valence-electron chi connectivity index (χ0n) is 13.3. The Hall–Kier alpha value is -3.19. The summed E-state index contributed by atoms with van der Waals surface area (Å²) in [7, 11) is 1.96. The number of fused-ring (bicyclic) bond motifs is 3. The largest absolute Gasteiger partial charge is 0.453 e. The highest BCUT2D eigenvalue weighted by Crippen LogP contribution is 2.40. The van der Waals surface area contributed by atoms with Gasteiger partial charge in [0.1, 0.15) is 12.6 Å². The SMILES string of the molecule is [C-]#[N+]c1ccc2oc3c(F)cc(C)c(-c4cccc[n+]4C)c3c2c1. The Bertz CT molecular complexity index is 1150. The highest BCUT2D eigenvalue weighted by atomic mass is 19.1. The molecule has 0 unspecified atom stereocenters. The van der Waals surface area contributed by atoms with Gasteiger partial charge in [-0.1, -0.05) is 6.07 Å². The fourth-order valence-electron chi connectivity index (χ4n) is 3.21. The van der Waals surface area contributed by atoms with Crippen molar-refractivity contribution in [1.82, 2.24) is 0 Å². The molecular formula is C20H14FN2O+. The normalized spacial score (nSPS) is 11.1. The zero-order valence-corrected chi connectivity index (χ0v) is 13.3. The standard InChI is InChI=1S/C20H14FN2O/c1-12-10-15(21)20-19(18(12)16-6-4-5-9-23(16)3)14-11-13(22-2)7-8-17(14)24-20/h4-11H,1,3H3/q+1. The van der Waals surface area contributed by atoms with Crippen LogP contribution in [0, 0.1) is 19.3 Å². The quantitative estimate of drug-likeness (QED) is 0.354. The highest BCUT2D eigenvalue weighted by Gasteiger charge is 2.22. The van der Waals surface area contributed by atoms with Gasteiger partial charge >= 0.3 is 0 Å². The van der Waals surface area contributed by atoms with Crippen LogP contribution in [0.15, 0.2) is 53.1 Å². The maximum atomic E-state index is 14.5. The van der Waals surface area contributed by atoms with Crippen LogP contribution in [0.5, 0.6) is 0 Å². The van der Waals surface area contributed by atoms with Crippen LogP contribution >= 0.6 is 0 Å². The molecule has 24 heavy (non-hydrogen) atoms. The van der Waals surface area contributed by atoms with Gasteiger partial charge in [0.15, 0.2) is 23.3 Å². The van der Waals surface area contributed by atoms with Crippen LogP contribution in [0.1, 0.15) is 5.56 Å². The van der Waals surface area contributed by atoms with Crippen LogP contribution in [0.25, 0.3) is 38.0 Å². The summed E-state index contributed by atoms with van der Waals surface area (Å²) in [6.45, 7) is 9.12. The molecule has 0 radical (unpaired) electrons. The van der Waals surface area contributed by atoms with Crippen molar-refractivity contribution >= 4 is 27.6 Å². The maximum Gasteiger partial charge on any atom is 0.213 e. The van der Waals surface area contributed by atoms with Gasteiger partial charge < -0.3 is 4.42 Å². The molecule has 3 nitrogen and oxygen atoms in total. The number of hydrogen-bond acceptors (Lipinski definition) is 1. The molecule has 4 rings (SSSR count). The summed E-state index contributed by atoms with van der Waals surface area (Å²) in [5.74, 6) is -0.384. The van der Waals surface area contributed by atoms with Crippen LogP contribution in [-0.4, -0.2) is 0 Å². The molecule has 0 bridgehead atoms. The van der Waals surface area contributed by atoms with Crippen molar-refractivity contribution in [2.24, 2.45) is 7.05 Å². The van der Waals surface area contributed by atoms with E-state index in [2.05, 4.69) is 4.85 Å². The topological polar surface area (TPSA) is 21.4 Å². The Morgan fingerprint density at radius 2 is 2.00 bits per heavy atom. The first-order valence-electron chi connectivity index (χ1n) is 7.58. The average Bonchev–Trinajstić information content (AvgIpc) is 2.95. The Morgan fingerprint density at radius 3 is 2.75 bits per heavy atom. The van der Waals surface area contributed by atoms with Gasteiger partial charge in [-0.25, -0.2) is 13.8 Å². The van der Waals surface area contributed by atoms with Crippen molar-refractivity contribution in [3.8, 4) is 11.3 Å². The van der Waals surface area contributed by atoms with Gasteiger partial charge in [0, 0.05) is 22.9 Å². The molecule has 0 atom stereocenters. The second-order valence-electron chi connectivity index (χ2n) is 5.85. The predicted molar refractivity (Wildman–Crippen MR) is 91.3 cm³/mol. The van der Waals surface area contributed by atoms with Gasteiger partial charge in [-0.15, -0.1) is 0 Å². The molecule has 4 aromatic rings. The van der Waals surface area contributed by atoms with E-state index in [4.69, 9.17) is 11.0 Å². The van der Waals surface area contributed by atoms with E-state index in [0.717, 1.165) is 27.6 Å². The molecule has 0 N–H and O–H groups in total. The van der Waals surface area contributed by atoms with Gasteiger partial charge in [0.2, 0.25) is 5.69 Å². The van der Waals surface area contributed by atoms with Gasteiger partial charge in [-0.05, 0) is 36.8 Å². The van der Waals surface area contributed by atoms with Gasteiger partial charge in [0.05, 0.1) is 12.1 Å². The van der Waals surface area contributed by atoms with Crippen molar-refractivity contribution in [2.45, 2.75) is 6.92 Å². The van der Waals surface area contributed by atoms with Gasteiger partial charge in [-0.2, -0.15) is 0 Å². The minimum atomic E-state index is -0.384. The molecule has 0 saturated heterocycles. The van der Waals surface area contributed by atoms with E-state index >= 15 is 0 Å². The summed E-state index contributed by atoms with van der Waals surface area (Å²) >= 11 is 0. The summed E-state index contributed by atoms with van der Waals surface area (Å²) in [6, 6.07) is 12.6. The van der Waals surface area contributed by atoms with Crippen molar-refractivity contribution in [1.29, 1.82) is 0 Å². The number of aromatic nitrogens is 1. The fourth-order valence-corrected chi connectivity index (χ4v) is 3.21. The minimum absolute atomic E-state index is 0.233. The minimum Gasteiger partial charge on any atom is -0.453 e. The van der Waals surface area contributed by atoms with E-state index in [0.29, 0.717) is 11.3 Å². The van der Waals surface area contributed by atoms with E-state index in [1.54, 1.807) is 18.2 Å². The fraction of sp³-hybridized carbons (Fsp3) is 0.100. The summed E-state index contributed by atoms with van der Waals surface area (Å²) in [5, 5.41) is 1.48. The van der Waals surface area contributed by atoms with Gasteiger partial charge in [-0.3, -0.25) is 0 Å². The molecule has 0 aliphatic carbocycles. The lowest BCUT2D eigenvalue weighted by molar-refractivity contribution is -0.660. The van der Waals surface area contributed by atoms with Crippen molar-refractivity contribution in [3.05, 3.63) is 71.5 Å². The lowest BCUT2D eigenvalue weighted by atomic mass is 9.97.